The van der Waals surface area contributed by atoms with Crippen molar-refractivity contribution in [3.63, 3.8) is 0 Å². The smallest absolute Gasteiger partial charge is 0.336 e. The third kappa shape index (κ3) is 5.22. The molecule has 1 aromatic carbocycles. The number of ether oxygens (including phenoxy) is 2. The third-order valence-electron chi connectivity index (χ3n) is 4.66. The molecule has 0 radical (unpaired) electrons. The number of nitro benzene ring substituents is 1. The fourth-order valence-corrected chi connectivity index (χ4v) is 3.45. The maximum atomic E-state index is 12.9. The van der Waals surface area contributed by atoms with Crippen LogP contribution < -0.4 is 0 Å². The average molecular weight is 431 g/mol. The molecule has 0 aromatic heterocycles. The second kappa shape index (κ2) is 10.5. The monoisotopic (exact) mass is 431 g/mol. The summed E-state index contributed by atoms with van der Waals surface area (Å²) in [6.45, 7) is 3.74. The van der Waals surface area contributed by atoms with E-state index in [1.54, 1.807) is 19.9 Å². The Morgan fingerprint density at radius 1 is 1.37 bits per heavy atom. The van der Waals surface area contributed by atoms with Crippen LogP contribution in [0.1, 0.15) is 31.7 Å². The number of hydrogen-bond acceptors (Lipinski definition) is 9. The summed E-state index contributed by atoms with van der Waals surface area (Å²) in [4.78, 5) is 44.3. The molecule has 1 aliphatic heterocycles. The van der Waals surface area contributed by atoms with Crippen molar-refractivity contribution in [2.45, 2.75) is 26.2 Å². The van der Waals surface area contributed by atoms with E-state index in [2.05, 4.69) is 27.4 Å². The Morgan fingerprint density at radius 2 is 2.10 bits per heavy atom. The van der Waals surface area contributed by atoms with Gasteiger partial charge >= 0.3 is 11.9 Å². The van der Waals surface area contributed by atoms with Crippen LogP contribution >= 0.6 is 12.2 Å². The van der Waals surface area contributed by atoms with E-state index >= 15 is 0 Å². The first-order chi connectivity index (χ1) is 14.3. The van der Waals surface area contributed by atoms with Crippen LogP contribution in [0.5, 0.6) is 0 Å². The molecule has 158 valence electrons. The van der Waals surface area contributed by atoms with Crippen molar-refractivity contribution in [3.8, 4) is 0 Å². The van der Waals surface area contributed by atoms with Gasteiger partial charge in [-0.3, -0.25) is 19.9 Å². The number of esters is 2. The van der Waals surface area contributed by atoms with Crippen molar-refractivity contribution in [1.29, 1.82) is 0 Å². The number of isothiocyanates is 1. The number of rotatable bonds is 8. The molecule has 0 spiro atoms. The van der Waals surface area contributed by atoms with Crippen LogP contribution in [-0.4, -0.2) is 48.0 Å². The van der Waals surface area contributed by atoms with Crippen LogP contribution in [-0.2, 0) is 19.1 Å². The van der Waals surface area contributed by atoms with Gasteiger partial charge in [-0.1, -0.05) is 12.1 Å². The molecule has 0 amide bonds. The van der Waals surface area contributed by atoms with Crippen molar-refractivity contribution in [3.05, 3.63) is 51.2 Å². The standard InChI is InChI=1S/C20H21N3O6S/c1-12-16(19(24)28-3)18(14-6-4-7-15(10-14)23(26)27)17(13(2)22-12)20(25)29-9-5-8-21-11-30/h4,6-7,10,16,18H,5,8-9H2,1-3H3. The molecule has 0 saturated heterocycles. The van der Waals surface area contributed by atoms with Crippen LogP contribution in [0.4, 0.5) is 5.69 Å². The zero-order valence-electron chi connectivity index (χ0n) is 16.8. The average Bonchev–Trinajstić information content (AvgIpc) is 2.72. The van der Waals surface area contributed by atoms with E-state index in [0.717, 1.165) is 0 Å². The summed E-state index contributed by atoms with van der Waals surface area (Å²) in [6.07, 6.45) is 0.450. The maximum Gasteiger partial charge on any atom is 0.336 e. The molecule has 1 heterocycles. The Balaban J connectivity index is 2.49. The number of nitrogens with zero attached hydrogens (tertiary/aromatic N) is 3. The lowest BCUT2D eigenvalue weighted by Crippen LogP contribution is -2.36. The van der Waals surface area contributed by atoms with Crippen molar-refractivity contribution in [2.24, 2.45) is 15.9 Å². The lowest BCUT2D eigenvalue weighted by atomic mass is 9.75. The van der Waals surface area contributed by atoms with Crippen molar-refractivity contribution >= 4 is 40.7 Å². The summed E-state index contributed by atoms with van der Waals surface area (Å²) >= 11 is 4.49. The molecular weight excluding hydrogens is 410 g/mol. The van der Waals surface area contributed by atoms with Crippen molar-refractivity contribution < 1.29 is 24.0 Å². The molecule has 30 heavy (non-hydrogen) atoms. The van der Waals surface area contributed by atoms with Crippen LogP contribution in [0.2, 0.25) is 0 Å². The van der Waals surface area contributed by atoms with Gasteiger partial charge < -0.3 is 9.47 Å². The SMILES string of the molecule is COC(=O)C1C(C)=NC(C)=C(C(=O)OCCCN=C=S)C1c1cccc([N+](=O)[O-])c1. The summed E-state index contributed by atoms with van der Waals surface area (Å²) in [6, 6.07) is 5.81. The molecule has 2 unspecified atom stereocenters. The summed E-state index contributed by atoms with van der Waals surface area (Å²) in [5, 5.41) is 13.5. The maximum absolute atomic E-state index is 12.9. The van der Waals surface area contributed by atoms with Gasteiger partial charge in [0.25, 0.3) is 5.69 Å². The van der Waals surface area contributed by atoms with E-state index in [0.29, 0.717) is 29.9 Å². The number of thiocarbonyl (C=S) groups is 1. The number of allylic oxidation sites excluding steroid dienone is 1. The minimum absolute atomic E-state index is 0.0867. The predicted octanol–water partition coefficient (Wildman–Crippen LogP) is 3.25. The van der Waals surface area contributed by atoms with Gasteiger partial charge in [-0.05, 0) is 31.6 Å². The summed E-state index contributed by atoms with van der Waals surface area (Å²) in [7, 11) is 1.24. The number of aliphatic imine (C=N–C) groups is 2. The molecule has 0 bridgehead atoms. The molecule has 0 fully saturated rings. The van der Waals surface area contributed by atoms with Gasteiger partial charge in [-0.25, -0.2) is 9.79 Å². The van der Waals surface area contributed by atoms with E-state index in [1.165, 1.54) is 25.3 Å². The van der Waals surface area contributed by atoms with Crippen LogP contribution in [0.15, 0.2) is 45.5 Å². The first-order valence-electron chi connectivity index (χ1n) is 9.10. The number of nitro groups is 1. The largest absolute Gasteiger partial charge is 0.468 e. The van der Waals surface area contributed by atoms with Gasteiger partial charge in [-0.2, -0.15) is 0 Å². The number of hydrogen-bond donors (Lipinski definition) is 0. The lowest BCUT2D eigenvalue weighted by Gasteiger charge is -2.31. The Kier molecular flexibility index (Phi) is 8.08. The number of non-ortho nitro benzene ring substituents is 1. The van der Waals surface area contributed by atoms with Gasteiger partial charge in [0, 0.05) is 35.9 Å². The van der Waals surface area contributed by atoms with Gasteiger partial charge in [0.05, 0.1) is 35.9 Å². The minimum Gasteiger partial charge on any atom is -0.468 e. The highest BCUT2D eigenvalue weighted by atomic mass is 32.1. The molecule has 2 rings (SSSR count). The molecular formula is C20H21N3O6S. The van der Waals surface area contributed by atoms with Crippen molar-refractivity contribution in [2.75, 3.05) is 20.3 Å². The molecule has 1 aromatic rings. The first-order valence-corrected chi connectivity index (χ1v) is 9.51. The molecule has 10 heteroatoms. The highest BCUT2D eigenvalue weighted by molar-refractivity contribution is 7.78. The van der Waals surface area contributed by atoms with Crippen LogP contribution in [0.3, 0.4) is 0 Å². The molecule has 2 atom stereocenters. The summed E-state index contributed by atoms with van der Waals surface area (Å²) in [5.41, 5.74) is 1.26. The highest BCUT2D eigenvalue weighted by Crippen LogP contribution is 2.40. The van der Waals surface area contributed by atoms with E-state index in [4.69, 9.17) is 9.47 Å². The topological polar surface area (TPSA) is 120 Å². The van der Waals surface area contributed by atoms with Crippen molar-refractivity contribution in [1.82, 2.24) is 0 Å². The second-order valence-corrected chi connectivity index (χ2v) is 6.73. The third-order valence-corrected chi connectivity index (χ3v) is 4.78. The fraction of sp³-hybridized carbons (Fsp3) is 0.400. The zero-order chi connectivity index (χ0) is 22.3. The fourth-order valence-electron chi connectivity index (χ4n) is 3.36. The predicted molar refractivity (Wildman–Crippen MR) is 113 cm³/mol. The van der Waals surface area contributed by atoms with Gasteiger partial charge in [0.1, 0.15) is 5.92 Å². The Bertz CT molecular complexity index is 965. The van der Waals surface area contributed by atoms with E-state index < -0.39 is 28.7 Å². The van der Waals surface area contributed by atoms with E-state index in [1.807, 2.05) is 0 Å². The Labute approximate surface area is 178 Å². The van der Waals surface area contributed by atoms with Gasteiger partial charge in [0.2, 0.25) is 0 Å². The van der Waals surface area contributed by atoms with Crippen LogP contribution in [0.25, 0.3) is 0 Å². The number of carbonyl (C=O) groups is 2. The van der Waals surface area contributed by atoms with E-state index in [9.17, 15) is 19.7 Å². The number of carbonyl (C=O) groups excluding carboxylic acids is 2. The quantitative estimate of drug-likeness (QED) is 0.155. The van der Waals surface area contributed by atoms with E-state index in [-0.39, 0.29) is 17.9 Å². The number of benzene rings is 1. The van der Waals surface area contributed by atoms with Gasteiger partial charge in [0.15, 0.2) is 0 Å². The molecule has 1 aliphatic rings. The molecule has 0 N–H and O–H groups in total. The first kappa shape index (κ1) is 23.1. The summed E-state index contributed by atoms with van der Waals surface area (Å²) < 4.78 is 10.3. The Morgan fingerprint density at radius 3 is 2.73 bits per heavy atom. The lowest BCUT2D eigenvalue weighted by molar-refractivity contribution is -0.384. The second-order valence-electron chi connectivity index (χ2n) is 6.55. The molecule has 0 saturated carbocycles. The Hall–Kier alpha value is -3.23. The normalized spacial score (nSPS) is 18.2. The van der Waals surface area contributed by atoms with Crippen LogP contribution in [0, 0.1) is 16.0 Å². The molecule has 9 nitrogen and oxygen atoms in total. The minimum atomic E-state index is -0.914. The summed E-state index contributed by atoms with van der Waals surface area (Å²) in [5.74, 6) is -3.00. The molecule has 0 aliphatic carbocycles. The van der Waals surface area contributed by atoms with Gasteiger partial charge in [-0.15, -0.1) is 0 Å². The highest BCUT2D eigenvalue weighted by Gasteiger charge is 2.42. The number of methoxy groups -OCH3 is 1. The zero-order valence-corrected chi connectivity index (χ0v) is 17.6.